The monoisotopic (exact) mass is 111 g/mol. The largest absolute Gasteiger partial charge is 0.448 e. The molecule has 0 aliphatic rings. The van der Waals surface area contributed by atoms with Crippen molar-refractivity contribution in [2.24, 2.45) is 0 Å². The van der Waals surface area contributed by atoms with E-state index < -0.39 is 0 Å². The van der Waals surface area contributed by atoms with Crippen LogP contribution in [0.2, 0.25) is 0 Å². The predicted molar refractivity (Wildman–Crippen MR) is 28.5 cm³/mol. The smallest absolute Gasteiger partial charge is 0.200 e. The highest BCUT2D eigenvalue weighted by Gasteiger charge is 1.96. The van der Waals surface area contributed by atoms with Gasteiger partial charge < -0.3 is 10.2 Å². The maximum Gasteiger partial charge on any atom is 0.200 e. The van der Waals surface area contributed by atoms with E-state index in [2.05, 4.69) is 4.42 Å². The standard InChI is InChI=1S/C5H5NO2/c6-5-4(3-7)1-2-8-5/h1-3H,6H2. The molecular weight excluding hydrogens is 106 g/mol. The van der Waals surface area contributed by atoms with Crippen LogP contribution in [-0.2, 0) is 0 Å². The first-order chi connectivity index (χ1) is 3.84. The second kappa shape index (κ2) is 1.69. The van der Waals surface area contributed by atoms with E-state index >= 15 is 0 Å². The summed E-state index contributed by atoms with van der Waals surface area (Å²) in [6, 6.07) is 1.52. The summed E-state index contributed by atoms with van der Waals surface area (Å²) in [5.41, 5.74) is 5.56. The molecule has 0 spiro atoms. The minimum Gasteiger partial charge on any atom is -0.448 e. The third kappa shape index (κ3) is 0.578. The van der Waals surface area contributed by atoms with Gasteiger partial charge in [-0.2, -0.15) is 0 Å². The van der Waals surface area contributed by atoms with Gasteiger partial charge in [0.15, 0.2) is 6.29 Å². The van der Waals surface area contributed by atoms with Crippen molar-refractivity contribution in [3.05, 3.63) is 17.9 Å². The summed E-state index contributed by atoms with van der Waals surface area (Å²) in [5, 5.41) is 0. The Morgan fingerprint density at radius 3 is 2.75 bits per heavy atom. The lowest BCUT2D eigenvalue weighted by atomic mass is 10.4. The molecule has 3 heteroatoms. The fourth-order valence-electron chi connectivity index (χ4n) is 0.428. The van der Waals surface area contributed by atoms with Crippen LogP contribution in [-0.4, -0.2) is 6.29 Å². The number of hydrogen-bond donors (Lipinski definition) is 1. The molecule has 42 valence electrons. The van der Waals surface area contributed by atoms with Gasteiger partial charge in [0.25, 0.3) is 0 Å². The summed E-state index contributed by atoms with van der Waals surface area (Å²) in [6.45, 7) is 0. The van der Waals surface area contributed by atoms with Gasteiger partial charge >= 0.3 is 0 Å². The molecule has 0 atom stereocenters. The van der Waals surface area contributed by atoms with Gasteiger partial charge in [-0.3, -0.25) is 4.79 Å². The van der Waals surface area contributed by atoms with Gasteiger partial charge in [0.05, 0.1) is 11.8 Å². The Morgan fingerprint density at radius 2 is 2.50 bits per heavy atom. The van der Waals surface area contributed by atoms with Gasteiger partial charge in [-0.25, -0.2) is 0 Å². The van der Waals surface area contributed by atoms with Crippen molar-refractivity contribution < 1.29 is 9.21 Å². The van der Waals surface area contributed by atoms with E-state index in [0.29, 0.717) is 11.8 Å². The summed E-state index contributed by atoms with van der Waals surface area (Å²) in [7, 11) is 0. The molecule has 1 aromatic rings. The molecule has 1 heterocycles. The van der Waals surface area contributed by atoms with Crippen LogP contribution >= 0.6 is 0 Å². The van der Waals surface area contributed by atoms with Gasteiger partial charge in [-0.15, -0.1) is 0 Å². The number of nitrogens with two attached hydrogens (primary N) is 1. The maximum absolute atomic E-state index is 9.95. The quantitative estimate of drug-likeness (QED) is 0.542. The third-order valence-corrected chi connectivity index (χ3v) is 0.854. The summed E-state index contributed by atoms with van der Waals surface area (Å²) < 4.78 is 4.60. The molecule has 0 aliphatic carbocycles. The molecule has 0 radical (unpaired) electrons. The molecule has 8 heavy (non-hydrogen) atoms. The van der Waals surface area contributed by atoms with E-state index in [4.69, 9.17) is 5.73 Å². The average Bonchev–Trinajstić information content (AvgIpc) is 2.14. The summed E-state index contributed by atoms with van der Waals surface area (Å²) in [6.07, 6.45) is 2.03. The predicted octanol–water partition coefficient (Wildman–Crippen LogP) is 0.674. The molecule has 0 amide bonds. The van der Waals surface area contributed by atoms with Crippen molar-refractivity contribution in [1.82, 2.24) is 0 Å². The Labute approximate surface area is 46.1 Å². The highest BCUT2D eigenvalue weighted by atomic mass is 16.3. The molecule has 0 saturated carbocycles. The van der Waals surface area contributed by atoms with Crippen LogP contribution in [0, 0.1) is 0 Å². The molecular formula is C5H5NO2. The SMILES string of the molecule is Nc1occc1C=O. The molecule has 0 bridgehead atoms. The van der Waals surface area contributed by atoms with Crippen LogP contribution in [0.25, 0.3) is 0 Å². The van der Waals surface area contributed by atoms with Gasteiger partial charge in [0, 0.05) is 0 Å². The zero-order valence-corrected chi connectivity index (χ0v) is 4.13. The molecule has 0 aromatic carbocycles. The molecule has 2 N–H and O–H groups in total. The van der Waals surface area contributed by atoms with Crippen molar-refractivity contribution in [1.29, 1.82) is 0 Å². The lowest BCUT2D eigenvalue weighted by molar-refractivity contribution is 0.112. The number of furan rings is 1. The van der Waals surface area contributed by atoms with Crippen molar-refractivity contribution in [2.75, 3.05) is 5.73 Å². The Bertz CT molecular complexity index is 192. The van der Waals surface area contributed by atoms with E-state index in [0.717, 1.165) is 0 Å². The first-order valence-electron chi connectivity index (χ1n) is 2.12. The molecule has 1 aromatic heterocycles. The molecule has 3 nitrogen and oxygen atoms in total. The molecule has 1 rings (SSSR count). The normalized spacial score (nSPS) is 9.00. The minimum atomic E-state index is 0.181. The van der Waals surface area contributed by atoms with Crippen LogP contribution in [0.1, 0.15) is 10.4 Å². The second-order valence-electron chi connectivity index (χ2n) is 1.36. The van der Waals surface area contributed by atoms with Crippen molar-refractivity contribution >= 4 is 12.2 Å². The van der Waals surface area contributed by atoms with Gasteiger partial charge in [0.2, 0.25) is 5.88 Å². The van der Waals surface area contributed by atoms with Gasteiger partial charge in [-0.1, -0.05) is 0 Å². The molecule has 0 aliphatic heterocycles. The van der Waals surface area contributed by atoms with Crippen molar-refractivity contribution in [2.45, 2.75) is 0 Å². The summed E-state index contributed by atoms with van der Waals surface area (Å²) >= 11 is 0. The van der Waals surface area contributed by atoms with Crippen LogP contribution in [0.15, 0.2) is 16.7 Å². The number of anilines is 1. The Hall–Kier alpha value is -1.25. The van der Waals surface area contributed by atoms with Crippen LogP contribution in [0.4, 0.5) is 5.88 Å². The van der Waals surface area contributed by atoms with Crippen LogP contribution in [0.5, 0.6) is 0 Å². The second-order valence-corrected chi connectivity index (χ2v) is 1.36. The first-order valence-corrected chi connectivity index (χ1v) is 2.12. The zero-order valence-electron chi connectivity index (χ0n) is 4.13. The highest BCUT2D eigenvalue weighted by Crippen LogP contribution is 2.07. The lowest BCUT2D eigenvalue weighted by Gasteiger charge is -1.79. The first kappa shape index (κ1) is 4.90. The third-order valence-electron chi connectivity index (χ3n) is 0.854. The molecule has 0 saturated heterocycles. The molecule has 0 unspecified atom stereocenters. The molecule has 0 fully saturated rings. The van der Waals surface area contributed by atoms with E-state index in [1.807, 2.05) is 0 Å². The van der Waals surface area contributed by atoms with Crippen LogP contribution in [0.3, 0.4) is 0 Å². The van der Waals surface area contributed by atoms with E-state index in [1.54, 1.807) is 0 Å². The van der Waals surface area contributed by atoms with Crippen molar-refractivity contribution in [3.63, 3.8) is 0 Å². The summed E-state index contributed by atoms with van der Waals surface area (Å²) in [5.74, 6) is 0.181. The number of rotatable bonds is 1. The topological polar surface area (TPSA) is 56.2 Å². The van der Waals surface area contributed by atoms with E-state index in [-0.39, 0.29) is 5.88 Å². The van der Waals surface area contributed by atoms with Crippen LogP contribution < -0.4 is 5.73 Å². The van der Waals surface area contributed by atoms with Gasteiger partial charge in [0.1, 0.15) is 0 Å². The van der Waals surface area contributed by atoms with Gasteiger partial charge in [-0.05, 0) is 6.07 Å². The Balaban J connectivity index is 3.09. The number of hydrogen-bond acceptors (Lipinski definition) is 3. The van der Waals surface area contributed by atoms with E-state index in [1.165, 1.54) is 12.3 Å². The summed E-state index contributed by atoms with van der Waals surface area (Å²) in [4.78, 5) is 9.95. The minimum absolute atomic E-state index is 0.181. The number of carbonyl (C=O) groups is 1. The highest BCUT2D eigenvalue weighted by molar-refractivity contribution is 5.80. The number of nitrogen functional groups attached to an aromatic ring is 1. The van der Waals surface area contributed by atoms with Crippen molar-refractivity contribution in [3.8, 4) is 0 Å². The lowest BCUT2D eigenvalue weighted by Crippen LogP contribution is -1.84. The maximum atomic E-state index is 9.95. The Kier molecular flexibility index (Phi) is 1.04. The number of carbonyl (C=O) groups excluding carboxylic acids is 1. The average molecular weight is 111 g/mol. The fraction of sp³-hybridized carbons (Fsp3) is 0. The Morgan fingerprint density at radius 1 is 1.75 bits per heavy atom. The number of aldehydes is 1. The fourth-order valence-corrected chi connectivity index (χ4v) is 0.428. The van der Waals surface area contributed by atoms with E-state index in [9.17, 15) is 4.79 Å². The zero-order chi connectivity index (χ0) is 5.98.